The maximum atomic E-state index is 12.6. The van der Waals surface area contributed by atoms with E-state index in [2.05, 4.69) is 10.4 Å². The first kappa shape index (κ1) is 16.3. The summed E-state index contributed by atoms with van der Waals surface area (Å²) in [7, 11) is 1.64. The van der Waals surface area contributed by atoms with Gasteiger partial charge in [0.05, 0.1) is 25.0 Å². The smallest absolute Gasteiger partial charge is 0.322 e. The summed E-state index contributed by atoms with van der Waals surface area (Å²) in [4.78, 5) is 14.4. The van der Waals surface area contributed by atoms with Gasteiger partial charge in [0, 0.05) is 25.9 Å². The van der Waals surface area contributed by atoms with Crippen LogP contribution in [0.2, 0.25) is 0 Å². The van der Waals surface area contributed by atoms with Gasteiger partial charge < -0.3 is 20.1 Å². The van der Waals surface area contributed by atoms with E-state index < -0.39 is 0 Å². The number of nitrogens with zero attached hydrogens (tertiary/aromatic N) is 3. The average Bonchev–Trinajstić information content (AvgIpc) is 3.31. The minimum atomic E-state index is -0.146. The van der Waals surface area contributed by atoms with Crippen LogP contribution in [0.4, 0.5) is 10.5 Å². The Hall–Kier alpha value is -2.54. The number of carbonyl (C=O) groups is 1. The van der Waals surface area contributed by atoms with Crippen LogP contribution in [0.15, 0.2) is 36.7 Å². The van der Waals surface area contributed by atoms with Crippen LogP contribution in [0.3, 0.4) is 0 Å². The van der Waals surface area contributed by atoms with E-state index in [-0.39, 0.29) is 17.8 Å². The molecule has 1 aromatic carbocycles. The van der Waals surface area contributed by atoms with Crippen molar-refractivity contribution in [1.82, 2.24) is 14.7 Å². The molecule has 0 unspecified atom stereocenters. The number of amides is 2. The normalized spacial score (nSPS) is 13.7. The van der Waals surface area contributed by atoms with E-state index >= 15 is 0 Å². The number of nitrogens with one attached hydrogen (secondary N) is 1. The van der Waals surface area contributed by atoms with E-state index in [4.69, 9.17) is 4.74 Å². The number of hydrogen-bond acceptors (Lipinski definition) is 4. The number of carbonyl (C=O) groups excluding carboxylic acids is 1. The molecule has 1 aliphatic carbocycles. The van der Waals surface area contributed by atoms with Crippen LogP contribution in [0.1, 0.15) is 18.4 Å². The third kappa shape index (κ3) is 4.26. The van der Waals surface area contributed by atoms with Gasteiger partial charge in [0.25, 0.3) is 0 Å². The van der Waals surface area contributed by atoms with Gasteiger partial charge in [-0.2, -0.15) is 5.10 Å². The van der Waals surface area contributed by atoms with Crippen LogP contribution in [0.25, 0.3) is 0 Å². The third-order valence-electron chi connectivity index (χ3n) is 3.92. The van der Waals surface area contributed by atoms with Gasteiger partial charge in [-0.1, -0.05) is 12.1 Å². The van der Waals surface area contributed by atoms with Crippen molar-refractivity contribution < 1.29 is 14.6 Å². The molecule has 2 aromatic rings. The molecule has 1 saturated carbocycles. The Labute approximate surface area is 140 Å². The zero-order valence-corrected chi connectivity index (χ0v) is 13.7. The number of ether oxygens (including phenoxy) is 1. The van der Waals surface area contributed by atoms with Gasteiger partial charge in [-0.25, -0.2) is 4.79 Å². The van der Waals surface area contributed by atoms with Gasteiger partial charge in [-0.3, -0.25) is 4.68 Å². The van der Waals surface area contributed by atoms with Gasteiger partial charge in [0.1, 0.15) is 5.75 Å². The number of urea groups is 1. The Bertz CT molecular complexity index is 697. The topological polar surface area (TPSA) is 79.6 Å². The molecule has 24 heavy (non-hydrogen) atoms. The number of methoxy groups -OCH3 is 1. The second kappa shape index (κ2) is 7.35. The Kier molecular flexibility index (Phi) is 5.00. The third-order valence-corrected chi connectivity index (χ3v) is 3.92. The Morgan fingerprint density at radius 3 is 3.04 bits per heavy atom. The standard InChI is InChI=1S/C17H22N4O3/c1-24-8-7-20-12-14(10-18-20)19-17(23)21(15-5-6-15)11-13-3-2-4-16(22)9-13/h2-4,9-10,12,15,22H,5-8,11H2,1H3,(H,19,23). The summed E-state index contributed by atoms with van der Waals surface area (Å²) >= 11 is 0. The van der Waals surface area contributed by atoms with E-state index in [1.807, 2.05) is 6.07 Å². The molecule has 0 saturated heterocycles. The monoisotopic (exact) mass is 330 g/mol. The molecule has 2 amide bonds. The number of hydrogen-bond donors (Lipinski definition) is 2. The number of phenolic OH excluding ortho intramolecular Hbond substituents is 1. The van der Waals surface area contributed by atoms with E-state index in [0.29, 0.717) is 25.4 Å². The highest BCUT2D eigenvalue weighted by atomic mass is 16.5. The molecule has 7 heteroatoms. The number of aromatic hydroxyl groups is 1. The van der Waals surface area contributed by atoms with Crippen molar-refractivity contribution in [2.75, 3.05) is 19.0 Å². The second-order valence-corrected chi connectivity index (χ2v) is 5.94. The molecule has 0 radical (unpaired) electrons. The molecule has 0 bridgehead atoms. The second-order valence-electron chi connectivity index (χ2n) is 5.94. The van der Waals surface area contributed by atoms with Gasteiger partial charge in [0.2, 0.25) is 0 Å². The van der Waals surface area contributed by atoms with Crippen molar-refractivity contribution in [2.24, 2.45) is 0 Å². The SMILES string of the molecule is COCCn1cc(NC(=O)N(Cc2cccc(O)c2)C2CC2)cn1. The van der Waals surface area contributed by atoms with Crippen LogP contribution >= 0.6 is 0 Å². The van der Waals surface area contributed by atoms with E-state index in [9.17, 15) is 9.90 Å². The first-order chi connectivity index (χ1) is 11.7. The molecule has 1 aliphatic rings. The molecule has 0 atom stereocenters. The van der Waals surface area contributed by atoms with Crippen molar-refractivity contribution in [1.29, 1.82) is 0 Å². The molecule has 0 spiro atoms. The summed E-state index contributed by atoms with van der Waals surface area (Å²) in [6, 6.07) is 7.12. The number of aromatic nitrogens is 2. The average molecular weight is 330 g/mol. The fourth-order valence-corrected chi connectivity index (χ4v) is 2.53. The van der Waals surface area contributed by atoms with E-state index in [1.165, 1.54) is 0 Å². The highest BCUT2D eigenvalue weighted by Crippen LogP contribution is 2.29. The lowest BCUT2D eigenvalue weighted by atomic mass is 10.2. The van der Waals surface area contributed by atoms with Gasteiger partial charge in [0.15, 0.2) is 0 Å². The summed E-state index contributed by atoms with van der Waals surface area (Å²) < 4.78 is 6.75. The fourth-order valence-electron chi connectivity index (χ4n) is 2.53. The lowest BCUT2D eigenvalue weighted by molar-refractivity contribution is 0.183. The Morgan fingerprint density at radius 1 is 1.50 bits per heavy atom. The molecule has 1 aromatic heterocycles. The highest BCUT2D eigenvalue weighted by Gasteiger charge is 2.32. The minimum absolute atomic E-state index is 0.146. The van der Waals surface area contributed by atoms with Crippen molar-refractivity contribution in [3.05, 3.63) is 42.2 Å². The lowest BCUT2D eigenvalue weighted by Gasteiger charge is -2.22. The van der Waals surface area contributed by atoms with Crippen molar-refractivity contribution in [2.45, 2.75) is 32.0 Å². The minimum Gasteiger partial charge on any atom is -0.508 e. The Morgan fingerprint density at radius 2 is 2.33 bits per heavy atom. The first-order valence-corrected chi connectivity index (χ1v) is 8.02. The number of benzene rings is 1. The fraction of sp³-hybridized carbons (Fsp3) is 0.412. The molecule has 3 rings (SSSR count). The van der Waals surface area contributed by atoms with E-state index in [0.717, 1.165) is 18.4 Å². The zero-order chi connectivity index (χ0) is 16.9. The quantitative estimate of drug-likeness (QED) is 0.817. The summed E-state index contributed by atoms with van der Waals surface area (Å²) in [5, 5.41) is 16.7. The van der Waals surface area contributed by atoms with Crippen LogP contribution in [-0.4, -0.2) is 45.6 Å². The molecule has 1 heterocycles. The van der Waals surface area contributed by atoms with Crippen molar-refractivity contribution in [3.63, 3.8) is 0 Å². The largest absolute Gasteiger partial charge is 0.508 e. The van der Waals surface area contributed by atoms with Gasteiger partial charge in [-0.15, -0.1) is 0 Å². The van der Waals surface area contributed by atoms with Crippen LogP contribution in [0, 0.1) is 0 Å². The van der Waals surface area contributed by atoms with Crippen molar-refractivity contribution >= 4 is 11.7 Å². The first-order valence-electron chi connectivity index (χ1n) is 8.02. The molecule has 2 N–H and O–H groups in total. The maximum Gasteiger partial charge on any atom is 0.322 e. The number of phenols is 1. The van der Waals surface area contributed by atoms with Crippen LogP contribution in [0.5, 0.6) is 5.75 Å². The summed E-state index contributed by atoms with van der Waals surface area (Å²) in [5.41, 5.74) is 1.57. The predicted molar refractivity (Wildman–Crippen MR) is 89.8 cm³/mol. The Balaban J connectivity index is 1.63. The lowest BCUT2D eigenvalue weighted by Crippen LogP contribution is -2.36. The van der Waals surface area contributed by atoms with Gasteiger partial charge >= 0.3 is 6.03 Å². The molecule has 1 fully saturated rings. The van der Waals surface area contributed by atoms with Crippen molar-refractivity contribution in [3.8, 4) is 5.75 Å². The molecular weight excluding hydrogens is 308 g/mol. The van der Waals surface area contributed by atoms with Crippen LogP contribution in [-0.2, 0) is 17.8 Å². The van der Waals surface area contributed by atoms with Crippen LogP contribution < -0.4 is 5.32 Å². The van der Waals surface area contributed by atoms with E-state index in [1.54, 1.807) is 47.3 Å². The molecule has 0 aliphatic heterocycles. The summed E-state index contributed by atoms with van der Waals surface area (Å²) in [6.07, 6.45) is 5.45. The molecule has 128 valence electrons. The molecule has 7 nitrogen and oxygen atoms in total. The summed E-state index contributed by atoms with van der Waals surface area (Å²) in [6.45, 7) is 1.69. The highest BCUT2D eigenvalue weighted by molar-refractivity contribution is 5.89. The summed E-state index contributed by atoms with van der Waals surface area (Å²) in [5.74, 6) is 0.211. The zero-order valence-electron chi connectivity index (χ0n) is 13.7. The van der Waals surface area contributed by atoms with Gasteiger partial charge in [-0.05, 0) is 30.5 Å². The number of rotatable bonds is 7. The maximum absolute atomic E-state index is 12.6. The molecular formula is C17H22N4O3. The number of anilines is 1. The predicted octanol–water partition coefficient (Wildman–Crippen LogP) is 2.43.